The number of nitrogens with one attached hydrogen (secondary N) is 1. The van der Waals surface area contributed by atoms with Crippen LogP contribution in [0.3, 0.4) is 0 Å². The highest BCUT2D eigenvalue weighted by Crippen LogP contribution is 2.27. The van der Waals surface area contributed by atoms with Gasteiger partial charge in [0.2, 0.25) is 10.0 Å². The Morgan fingerprint density at radius 2 is 2.15 bits per heavy atom. The Balaban J connectivity index is 2.21. The summed E-state index contributed by atoms with van der Waals surface area (Å²) in [5.41, 5.74) is 1.58. The van der Waals surface area contributed by atoms with E-state index in [4.69, 9.17) is 16.3 Å². The minimum absolute atomic E-state index is 0.128. The van der Waals surface area contributed by atoms with Gasteiger partial charge >= 0.3 is 0 Å². The van der Waals surface area contributed by atoms with Crippen LogP contribution in [0.4, 0.5) is 0 Å². The summed E-state index contributed by atoms with van der Waals surface area (Å²) < 4.78 is 32.2. The van der Waals surface area contributed by atoms with Crippen molar-refractivity contribution in [3.63, 3.8) is 0 Å². The van der Waals surface area contributed by atoms with Gasteiger partial charge in [-0.25, -0.2) is 13.1 Å². The van der Waals surface area contributed by atoms with E-state index >= 15 is 0 Å². The molecule has 2 aromatic rings. The Morgan fingerprint density at radius 1 is 1.40 bits per heavy atom. The molecular weight excluding hydrogens is 318 g/mol. The van der Waals surface area contributed by atoms with E-state index < -0.39 is 10.0 Å². The van der Waals surface area contributed by atoms with Crippen LogP contribution in [0.2, 0.25) is 5.02 Å². The standard InChI is InChI=1S/C13H14ClNO3S2/c1-9-6-12(18-2)10(7-11(9)14)8-15-20(16,17)13-4-3-5-19-13/h3-7,15H,8H2,1-2H3. The molecule has 20 heavy (non-hydrogen) atoms. The maximum atomic E-state index is 12.0. The second-order valence-electron chi connectivity index (χ2n) is 4.17. The van der Waals surface area contributed by atoms with Gasteiger partial charge in [-0.1, -0.05) is 17.7 Å². The van der Waals surface area contributed by atoms with E-state index in [2.05, 4.69) is 4.72 Å². The third-order valence-electron chi connectivity index (χ3n) is 2.77. The fourth-order valence-electron chi connectivity index (χ4n) is 1.68. The minimum atomic E-state index is -3.49. The number of hydrogen-bond acceptors (Lipinski definition) is 4. The smallest absolute Gasteiger partial charge is 0.250 e. The van der Waals surface area contributed by atoms with E-state index in [1.165, 1.54) is 11.3 Å². The first-order valence-electron chi connectivity index (χ1n) is 5.80. The Hall–Kier alpha value is -1.08. The van der Waals surface area contributed by atoms with Crippen molar-refractivity contribution in [2.45, 2.75) is 17.7 Å². The van der Waals surface area contributed by atoms with Crippen LogP contribution in [0.1, 0.15) is 11.1 Å². The number of aryl methyl sites for hydroxylation is 1. The summed E-state index contributed by atoms with van der Waals surface area (Å²) in [4.78, 5) is 0. The van der Waals surface area contributed by atoms with Crippen LogP contribution in [-0.4, -0.2) is 15.5 Å². The predicted octanol–water partition coefficient (Wildman–Crippen LogP) is 3.20. The van der Waals surface area contributed by atoms with Crippen LogP contribution in [0.5, 0.6) is 5.75 Å². The fourth-order valence-corrected chi connectivity index (χ4v) is 3.91. The third kappa shape index (κ3) is 3.32. The lowest BCUT2D eigenvalue weighted by Gasteiger charge is -2.11. The van der Waals surface area contributed by atoms with Crippen LogP contribution >= 0.6 is 22.9 Å². The van der Waals surface area contributed by atoms with Crippen molar-refractivity contribution in [1.82, 2.24) is 4.72 Å². The number of rotatable bonds is 5. The van der Waals surface area contributed by atoms with Gasteiger partial charge < -0.3 is 4.74 Å². The van der Waals surface area contributed by atoms with E-state index in [1.54, 1.807) is 36.8 Å². The van der Waals surface area contributed by atoms with Crippen molar-refractivity contribution in [3.05, 3.63) is 45.8 Å². The molecule has 0 fully saturated rings. The van der Waals surface area contributed by atoms with Gasteiger partial charge in [-0.05, 0) is 36.1 Å². The van der Waals surface area contributed by atoms with Crippen molar-refractivity contribution >= 4 is 33.0 Å². The quantitative estimate of drug-likeness (QED) is 0.915. The summed E-state index contributed by atoms with van der Waals surface area (Å²) in [6.07, 6.45) is 0. The van der Waals surface area contributed by atoms with Crippen LogP contribution in [0, 0.1) is 6.92 Å². The average molecular weight is 332 g/mol. The van der Waals surface area contributed by atoms with E-state index in [1.807, 2.05) is 6.92 Å². The molecule has 0 bridgehead atoms. The lowest BCUT2D eigenvalue weighted by atomic mass is 10.1. The minimum Gasteiger partial charge on any atom is -0.496 e. The molecule has 0 radical (unpaired) electrons. The van der Waals surface area contributed by atoms with Gasteiger partial charge in [0, 0.05) is 17.1 Å². The SMILES string of the molecule is COc1cc(C)c(Cl)cc1CNS(=O)(=O)c1cccs1. The van der Waals surface area contributed by atoms with Crippen molar-refractivity contribution in [2.75, 3.05) is 7.11 Å². The van der Waals surface area contributed by atoms with Crippen molar-refractivity contribution in [2.24, 2.45) is 0 Å². The van der Waals surface area contributed by atoms with Crippen molar-refractivity contribution in [3.8, 4) is 5.75 Å². The number of sulfonamides is 1. The van der Waals surface area contributed by atoms with E-state index in [0.29, 0.717) is 16.3 Å². The van der Waals surface area contributed by atoms with Gasteiger partial charge in [0.05, 0.1) is 7.11 Å². The monoisotopic (exact) mass is 331 g/mol. The second kappa shape index (κ2) is 6.13. The fraction of sp³-hybridized carbons (Fsp3) is 0.231. The Labute approximate surface area is 127 Å². The molecular formula is C13H14ClNO3S2. The maximum Gasteiger partial charge on any atom is 0.250 e. The topological polar surface area (TPSA) is 55.4 Å². The molecule has 0 saturated carbocycles. The van der Waals surface area contributed by atoms with Gasteiger partial charge in [0.1, 0.15) is 9.96 Å². The van der Waals surface area contributed by atoms with Crippen molar-refractivity contribution in [1.29, 1.82) is 0 Å². The zero-order valence-electron chi connectivity index (χ0n) is 11.0. The number of halogens is 1. The van der Waals surface area contributed by atoms with Crippen LogP contribution in [0.15, 0.2) is 33.9 Å². The molecule has 1 N–H and O–H groups in total. The number of methoxy groups -OCH3 is 1. The summed E-state index contributed by atoms with van der Waals surface area (Å²) in [6, 6.07) is 6.76. The summed E-state index contributed by atoms with van der Waals surface area (Å²) in [5.74, 6) is 0.612. The first-order chi connectivity index (χ1) is 9.44. The van der Waals surface area contributed by atoms with Crippen molar-refractivity contribution < 1.29 is 13.2 Å². The number of benzene rings is 1. The highest BCUT2D eigenvalue weighted by molar-refractivity contribution is 7.91. The highest BCUT2D eigenvalue weighted by Gasteiger charge is 2.16. The van der Waals surface area contributed by atoms with E-state index in [0.717, 1.165) is 5.56 Å². The zero-order valence-corrected chi connectivity index (χ0v) is 13.4. The molecule has 0 saturated heterocycles. The molecule has 0 unspecified atom stereocenters. The molecule has 4 nitrogen and oxygen atoms in total. The Bertz CT molecular complexity index is 697. The lowest BCUT2D eigenvalue weighted by Crippen LogP contribution is -2.22. The summed E-state index contributed by atoms with van der Waals surface area (Å²) in [7, 11) is -1.95. The lowest BCUT2D eigenvalue weighted by molar-refractivity contribution is 0.409. The molecule has 1 heterocycles. The zero-order chi connectivity index (χ0) is 14.8. The van der Waals surface area contributed by atoms with Gasteiger partial charge in [0.25, 0.3) is 0 Å². The van der Waals surface area contributed by atoms with Gasteiger partial charge in [-0.15, -0.1) is 11.3 Å². The average Bonchev–Trinajstić information content (AvgIpc) is 2.94. The number of ether oxygens (including phenoxy) is 1. The predicted molar refractivity (Wildman–Crippen MR) is 81.1 cm³/mol. The number of thiophene rings is 1. The molecule has 0 atom stereocenters. The van der Waals surface area contributed by atoms with Gasteiger partial charge in [-0.3, -0.25) is 0 Å². The maximum absolute atomic E-state index is 12.0. The van der Waals surface area contributed by atoms with E-state index in [9.17, 15) is 8.42 Å². The molecule has 1 aromatic heterocycles. The molecule has 108 valence electrons. The highest BCUT2D eigenvalue weighted by atomic mass is 35.5. The molecule has 7 heteroatoms. The van der Waals surface area contributed by atoms with Crippen LogP contribution in [-0.2, 0) is 16.6 Å². The van der Waals surface area contributed by atoms with Crippen LogP contribution < -0.4 is 9.46 Å². The molecule has 0 aliphatic heterocycles. The molecule has 0 amide bonds. The molecule has 2 rings (SSSR count). The first-order valence-corrected chi connectivity index (χ1v) is 8.54. The van der Waals surface area contributed by atoms with Crippen LogP contribution in [0.25, 0.3) is 0 Å². The Kier molecular flexibility index (Phi) is 4.70. The summed E-state index contributed by atoms with van der Waals surface area (Å²) >= 11 is 7.23. The van der Waals surface area contributed by atoms with E-state index in [-0.39, 0.29) is 10.8 Å². The molecule has 0 aliphatic rings. The van der Waals surface area contributed by atoms with Gasteiger partial charge in [-0.2, -0.15) is 0 Å². The normalized spacial score (nSPS) is 11.6. The Morgan fingerprint density at radius 3 is 2.75 bits per heavy atom. The third-order valence-corrected chi connectivity index (χ3v) is 5.98. The summed E-state index contributed by atoms with van der Waals surface area (Å²) in [6.45, 7) is 1.99. The largest absolute Gasteiger partial charge is 0.496 e. The number of hydrogen-bond donors (Lipinski definition) is 1. The first kappa shape index (κ1) is 15.3. The molecule has 1 aromatic carbocycles. The molecule has 0 aliphatic carbocycles. The molecule has 0 spiro atoms. The summed E-state index contributed by atoms with van der Waals surface area (Å²) in [5, 5.41) is 2.30. The van der Waals surface area contributed by atoms with Gasteiger partial charge in [0.15, 0.2) is 0 Å². The second-order valence-corrected chi connectivity index (χ2v) is 7.52.